The lowest BCUT2D eigenvalue weighted by Gasteiger charge is -2.25. The topological polar surface area (TPSA) is 52.0 Å². The van der Waals surface area contributed by atoms with Crippen LogP contribution in [0.1, 0.15) is 17.2 Å². The molecule has 3 aromatic carbocycles. The van der Waals surface area contributed by atoms with Gasteiger partial charge in [0.25, 0.3) is 0 Å². The average Bonchev–Trinajstić information content (AvgIpc) is 3.28. The number of hydrogen-bond donors (Lipinski definition) is 1. The minimum absolute atomic E-state index is 0.112. The van der Waals surface area contributed by atoms with Crippen LogP contribution in [0.2, 0.25) is 0 Å². The Bertz CT molecular complexity index is 1220. The Balaban J connectivity index is 1.53. The molecule has 0 aliphatic carbocycles. The summed E-state index contributed by atoms with van der Waals surface area (Å²) in [5.41, 5.74) is 4.59. The summed E-state index contributed by atoms with van der Waals surface area (Å²) >= 11 is 0. The molecule has 0 radical (unpaired) electrons. The number of nitrogens with zero attached hydrogens (tertiary/aromatic N) is 3. The fraction of sp³-hybridized carbons (Fsp3) is 0.0833. The lowest BCUT2D eigenvalue weighted by Crippen LogP contribution is -2.21. The van der Waals surface area contributed by atoms with Crippen LogP contribution in [0, 0.1) is 0 Å². The van der Waals surface area contributed by atoms with E-state index in [2.05, 4.69) is 39.7 Å². The van der Waals surface area contributed by atoms with Gasteiger partial charge in [-0.2, -0.15) is 18.9 Å². The van der Waals surface area contributed by atoms with Crippen LogP contribution in [0.5, 0.6) is 5.75 Å². The summed E-state index contributed by atoms with van der Waals surface area (Å²) in [7, 11) is 0. The predicted molar refractivity (Wildman–Crippen MR) is 115 cm³/mol. The summed E-state index contributed by atoms with van der Waals surface area (Å²) in [5.74, 6) is 0.641. The first-order valence-electron chi connectivity index (χ1n) is 9.77. The van der Waals surface area contributed by atoms with Gasteiger partial charge in [0.05, 0.1) is 0 Å². The van der Waals surface area contributed by atoms with E-state index in [1.807, 2.05) is 36.4 Å². The molecule has 1 aliphatic heterocycles. The first-order valence-corrected chi connectivity index (χ1v) is 9.77. The highest BCUT2D eigenvalue weighted by atomic mass is 19.3. The predicted octanol–water partition coefficient (Wildman–Crippen LogP) is 5.60. The summed E-state index contributed by atoms with van der Waals surface area (Å²) in [5, 5.41) is 7.55. The smallest absolute Gasteiger partial charge is 0.387 e. The monoisotopic (exact) mass is 416 g/mol. The highest BCUT2D eigenvalue weighted by molar-refractivity contribution is 5.78. The molecule has 154 valence electrons. The quantitative estimate of drug-likeness (QED) is 0.460. The number of alkyl halides is 2. The van der Waals surface area contributed by atoms with Gasteiger partial charge in [-0.3, -0.25) is 0 Å². The van der Waals surface area contributed by atoms with Crippen LogP contribution in [0.25, 0.3) is 16.8 Å². The van der Waals surface area contributed by atoms with Gasteiger partial charge in [0.2, 0.25) is 5.95 Å². The fourth-order valence-corrected chi connectivity index (χ4v) is 3.72. The molecule has 1 unspecified atom stereocenters. The van der Waals surface area contributed by atoms with E-state index in [-0.39, 0.29) is 5.75 Å². The van der Waals surface area contributed by atoms with Crippen molar-refractivity contribution < 1.29 is 13.5 Å². The van der Waals surface area contributed by atoms with Gasteiger partial charge in [0.15, 0.2) is 0 Å². The number of rotatable bonds is 5. The summed E-state index contributed by atoms with van der Waals surface area (Å²) < 4.78 is 32.3. The normalized spacial score (nSPS) is 15.2. The second kappa shape index (κ2) is 8.02. The van der Waals surface area contributed by atoms with Crippen molar-refractivity contribution in [3.05, 3.63) is 102 Å². The molecule has 1 atom stereocenters. The first kappa shape index (κ1) is 19.0. The average molecular weight is 416 g/mol. The van der Waals surface area contributed by atoms with Crippen LogP contribution in [0.3, 0.4) is 0 Å². The van der Waals surface area contributed by atoms with Gasteiger partial charge in [-0.15, -0.1) is 0 Å². The van der Waals surface area contributed by atoms with Gasteiger partial charge in [-0.05, 0) is 28.8 Å². The van der Waals surface area contributed by atoms with E-state index in [1.165, 1.54) is 12.4 Å². The van der Waals surface area contributed by atoms with Crippen molar-refractivity contribution in [3.63, 3.8) is 0 Å². The standard InChI is InChI=1S/C24H18F2N4O/c25-23(26)31-22-9-5-4-8-19(22)21-14-20(29-24-27-15-28-30(21)24)18-12-10-17(11-13-18)16-6-2-1-3-7-16/h1-15,21,23H,(H,27,28,29). The van der Waals surface area contributed by atoms with Crippen LogP contribution in [-0.4, -0.2) is 21.4 Å². The number of fused-ring (bicyclic) bond motifs is 1. The second-order valence-corrected chi connectivity index (χ2v) is 7.04. The van der Waals surface area contributed by atoms with E-state index < -0.39 is 12.7 Å². The van der Waals surface area contributed by atoms with Crippen molar-refractivity contribution in [2.24, 2.45) is 0 Å². The van der Waals surface area contributed by atoms with Gasteiger partial charge in [-0.1, -0.05) is 72.8 Å². The van der Waals surface area contributed by atoms with Gasteiger partial charge in [-0.25, -0.2) is 4.68 Å². The maximum atomic E-state index is 12.9. The third-order valence-electron chi connectivity index (χ3n) is 5.16. The number of nitrogens with one attached hydrogen (secondary N) is 1. The lowest BCUT2D eigenvalue weighted by atomic mass is 9.99. The summed E-state index contributed by atoms with van der Waals surface area (Å²) in [6.07, 6.45) is 3.37. The molecule has 1 aromatic heterocycles. The Hall–Kier alpha value is -4.00. The van der Waals surface area contributed by atoms with Crippen molar-refractivity contribution in [1.82, 2.24) is 14.8 Å². The molecule has 5 rings (SSSR count). The fourth-order valence-electron chi connectivity index (χ4n) is 3.72. The summed E-state index contributed by atoms with van der Waals surface area (Å²) in [4.78, 5) is 4.27. The zero-order valence-electron chi connectivity index (χ0n) is 16.3. The van der Waals surface area contributed by atoms with Crippen molar-refractivity contribution in [1.29, 1.82) is 0 Å². The maximum absolute atomic E-state index is 12.9. The number of benzene rings is 3. The molecule has 31 heavy (non-hydrogen) atoms. The summed E-state index contributed by atoms with van der Waals surface area (Å²) in [6.45, 7) is -2.91. The number of para-hydroxylation sites is 1. The first-order chi connectivity index (χ1) is 15.2. The Labute approximate surface area is 177 Å². The van der Waals surface area contributed by atoms with E-state index in [0.717, 1.165) is 22.4 Å². The molecular weight excluding hydrogens is 398 g/mol. The lowest BCUT2D eigenvalue weighted by molar-refractivity contribution is -0.0506. The molecule has 1 N–H and O–H groups in total. The Morgan fingerprint density at radius 1 is 0.839 bits per heavy atom. The van der Waals surface area contributed by atoms with Crippen LogP contribution in [0.4, 0.5) is 14.7 Å². The molecule has 0 amide bonds. The molecule has 5 nitrogen and oxygen atoms in total. The minimum Gasteiger partial charge on any atom is -0.434 e. The number of halogens is 2. The number of hydrogen-bond acceptors (Lipinski definition) is 4. The van der Waals surface area contributed by atoms with Crippen molar-refractivity contribution in [3.8, 4) is 16.9 Å². The Kier molecular flexibility index (Phi) is 4.92. The molecule has 0 fully saturated rings. The number of allylic oxidation sites excluding steroid dienone is 1. The maximum Gasteiger partial charge on any atom is 0.387 e. The van der Waals surface area contributed by atoms with Crippen LogP contribution >= 0.6 is 0 Å². The molecule has 2 heterocycles. The van der Waals surface area contributed by atoms with Crippen LogP contribution in [0.15, 0.2) is 91.3 Å². The van der Waals surface area contributed by atoms with E-state index in [1.54, 1.807) is 22.9 Å². The molecule has 0 saturated heterocycles. The van der Waals surface area contributed by atoms with Gasteiger partial charge in [0, 0.05) is 11.3 Å². The van der Waals surface area contributed by atoms with Gasteiger partial charge < -0.3 is 10.1 Å². The van der Waals surface area contributed by atoms with Gasteiger partial charge >= 0.3 is 6.61 Å². The van der Waals surface area contributed by atoms with Crippen molar-refractivity contribution in [2.45, 2.75) is 12.7 Å². The zero-order chi connectivity index (χ0) is 21.2. The SMILES string of the molecule is FC(F)Oc1ccccc1C1C=C(c2ccc(-c3ccccc3)cc2)Nc2ncnn21. The number of aromatic nitrogens is 3. The molecule has 7 heteroatoms. The highest BCUT2D eigenvalue weighted by Gasteiger charge is 2.26. The van der Waals surface area contributed by atoms with E-state index >= 15 is 0 Å². The highest BCUT2D eigenvalue weighted by Crippen LogP contribution is 2.36. The van der Waals surface area contributed by atoms with Crippen molar-refractivity contribution >= 4 is 11.6 Å². The molecule has 4 aromatic rings. The molecule has 0 saturated carbocycles. The third-order valence-corrected chi connectivity index (χ3v) is 5.16. The van der Waals surface area contributed by atoms with E-state index in [0.29, 0.717) is 11.5 Å². The molecule has 0 spiro atoms. The Morgan fingerprint density at radius 2 is 1.52 bits per heavy atom. The van der Waals surface area contributed by atoms with Crippen LogP contribution < -0.4 is 10.1 Å². The molecular formula is C24H18F2N4O. The van der Waals surface area contributed by atoms with Crippen molar-refractivity contribution in [2.75, 3.05) is 5.32 Å². The largest absolute Gasteiger partial charge is 0.434 e. The van der Waals surface area contributed by atoms with E-state index in [4.69, 9.17) is 4.74 Å². The minimum atomic E-state index is -2.91. The summed E-state index contributed by atoms with van der Waals surface area (Å²) in [6, 6.07) is 24.5. The molecule has 0 bridgehead atoms. The molecule has 1 aliphatic rings. The zero-order valence-corrected chi connectivity index (χ0v) is 16.3. The number of ether oxygens (including phenoxy) is 1. The van der Waals surface area contributed by atoms with E-state index in [9.17, 15) is 8.78 Å². The van der Waals surface area contributed by atoms with Gasteiger partial charge in [0.1, 0.15) is 18.1 Å². The van der Waals surface area contributed by atoms with Crippen LogP contribution in [-0.2, 0) is 0 Å². The number of anilines is 1. The Morgan fingerprint density at radius 3 is 2.29 bits per heavy atom. The third kappa shape index (κ3) is 3.77. The second-order valence-electron chi connectivity index (χ2n) is 7.04.